The summed E-state index contributed by atoms with van der Waals surface area (Å²) in [5.74, 6) is 0. The van der Waals surface area contributed by atoms with Crippen molar-refractivity contribution < 1.29 is 0 Å². The fraction of sp³-hybridized carbons (Fsp3) is 0.235. The Morgan fingerprint density at radius 2 is 1.85 bits per heavy atom. The molecule has 20 heavy (non-hydrogen) atoms. The minimum Gasteiger partial charge on any atom is -0.350 e. The van der Waals surface area contributed by atoms with E-state index in [1.807, 2.05) is 0 Å². The predicted octanol–water partition coefficient (Wildman–Crippen LogP) is 4.47. The molecular formula is C17H18N2S. The summed E-state index contributed by atoms with van der Waals surface area (Å²) in [6, 6.07) is 16.9. The van der Waals surface area contributed by atoms with Crippen LogP contribution < -0.4 is 0 Å². The second kappa shape index (κ2) is 5.71. The number of fused-ring (bicyclic) bond motifs is 1. The van der Waals surface area contributed by atoms with Gasteiger partial charge in [-0.1, -0.05) is 55.1 Å². The van der Waals surface area contributed by atoms with Crippen molar-refractivity contribution in [3.05, 3.63) is 59.7 Å². The number of aliphatic imine (C=N–C) groups is 1. The maximum Gasteiger partial charge on any atom is 0.169 e. The standard InChI is InChI=1S/C17H18N2S/c1-3-13-8-4-6-10-15(13)18-17-19(2)12-14-9-5-7-11-16(14)20-17/h4-11H,3,12H2,1-2H3. The van der Waals surface area contributed by atoms with E-state index in [4.69, 9.17) is 4.99 Å². The zero-order valence-corrected chi connectivity index (χ0v) is 12.7. The topological polar surface area (TPSA) is 15.6 Å². The fourth-order valence-electron chi connectivity index (χ4n) is 2.36. The van der Waals surface area contributed by atoms with Crippen LogP contribution in [0, 0.1) is 0 Å². The summed E-state index contributed by atoms with van der Waals surface area (Å²) >= 11 is 1.76. The maximum atomic E-state index is 4.87. The molecule has 102 valence electrons. The third kappa shape index (κ3) is 2.59. The van der Waals surface area contributed by atoms with Gasteiger partial charge in [-0.15, -0.1) is 0 Å². The Hall–Kier alpha value is -1.74. The van der Waals surface area contributed by atoms with Gasteiger partial charge in [0.2, 0.25) is 0 Å². The van der Waals surface area contributed by atoms with Crippen LogP contribution in [0.1, 0.15) is 18.1 Å². The third-order valence-electron chi connectivity index (χ3n) is 3.50. The SMILES string of the molecule is CCc1ccccc1N=C1Sc2ccccc2CN1C. The molecule has 0 unspecified atom stereocenters. The van der Waals surface area contributed by atoms with Crippen molar-refractivity contribution in [1.29, 1.82) is 0 Å². The van der Waals surface area contributed by atoms with Crippen LogP contribution >= 0.6 is 11.8 Å². The highest BCUT2D eigenvalue weighted by molar-refractivity contribution is 8.14. The van der Waals surface area contributed by atoms with E-state index in [0.717, 1.165) is 23.8 Å². The zero-order chi connectivity index (χ0) is 13.9. The number of benzene rings is 2. The molecule has 0 aromatic heterocycles. The predicted molar refractivity (Wildman–Crippen MR) is 86.7 cm³/mol. The number of amidine groups is 1. The van der Waals surface area contributed by atoms with Gasteiger partial charge in [0.05, 0.1) is 5.69 Å². The van der Waals surface area contributed by atoms with Crippen LogP contribution in [0.2, 0.25) is 0 Å². The number of thioether (sulfide) groups is 1. The summed E-state index contributed by atoms with van der Waals surface area (Å²) in [5, 5.41) is 1.07. The maximum absolute atomic E-state index is 4.87. The molecule has 1 heterocycles. The number of rotatable bonds is 2. The van der Waals surface area contributed by atoms with E-state index in [-0.39, 0.29) is 0 Å². The Balaban J connectivity index is 1.96. The number of hydrogen-bond donors (Lipinski definition) is 0. The van der Waals surface area contributed by atoms with Crippen LogP contribution in [-0.2, 0) is 13.0 Å². The molecule has 3 rings (SSSR count). The van der Waals surface area contributed by atoms with Crippen LogP contribution in [0.3, 0.4) is 0 Å². The van der Waals surface area contributed by atoms with Crippen LogP contribution in [0.25, 0.3) is 0 Å². The van der Waals surface area contributed by atoms with E-state index in [0.29, 0.717) is 0 Å². The van der Waals surface area contributed by atoms with Crippen molar-refractivity contribution >= 4 is 22.6 Å². The Labute approximate surface area is 124 Å². The van der Waals surface area contributed by atoms with Gasteiger partial charge in [-0.3, -0.25) is 0 Å². The number of aryl methyl sites for hydroxylation is 1. The van der Waals surface area contributed by atoms with Crippen molar-refractivity contribution in [1.82, 2.24) is 4.90 Å². The zero-order valence-electron chi connectivity index (χ0n) is 11.8. The fourth-order valence-corrected chi connectivity index (χ4v) is 3.33. The largest absolute Gasteiger partial charge is 0.350 e. The van der Waals surface area contributed by atoms with E-state index in [1.165, 1.54) is 16.0 Å². The Kier molecular flexibility index (Phi) is 3.79. The van der Waals surface area contributed by atoms with E-state index in [2.05, 4.69) is 67.4 Å². The molecule has 0 atom stereocenters. The van der Waals surface area contributed by atoms with E-state index in [1.54, 1.807) is 11.8 Å². The van der Waals surface area contributed by atoms with Gasteiger partial charge in [0, 0.05) is 18.5 Å². The van der Waals surface area contributed by atoms with Gasteiger partial charge in [-0.2, -0.15) is 0 Å². The highest BCUT2D eigenvalue weighted by Gasteiger charge is 2.19. The van der Waals surface area contributed by atoms with Crippen molar-refractivity contribution in [3.63, 3.8) is 0 Å². The third-order valence-corrected chi connectivity index (χ3v) is 4.70. The minimum atomic E-state index is 0.927. The minimum absolute atomic E-state index is 0.927. The Morgan fingerprint density at radius 1 is 1.10 bits per heavy atom. The summed E-state index contributed by atoms with van der Waals surface area (Å²) in [4.78, 5) is 8.41. The molecular weight excluding hydrogens is 264 g/mol. The first-order chi connectivity index (χ1) is 9.78. The van der Waals surface area contributed by atoms with Gasteiger partial charge in [0.25, 0.3) is 0 Å². The smallest absolute Gasteiger partial charge is 0.169 e. The molecule has 0 saturated carbocycles. The van der Waals surface area contributed by atoms with Crippen molar-refractivity contribution in [3.8, 4) is 0 Å². The molecule has 0 radical (unpaired) electrons. The first-order valence-electron chi connectivity index (χ1n) is 6.91. The second-order valence-corrected chi connectivity index (χ2v) is 5.95. The Bertz CT molecular complexity index is 649. The summed E-state index contributed by atoms with van der Waals surface area (Å²) in [6.07, 6.45) is 1.01. The van der Waals surface area contributed by atoms with Crippen LogP contribution in [0.15, 0.2) is 58.4 Å². The van der Waals surface area contributed by atoms with Crippen LogP contribution in [0.5, 0.6) is 0 Å². The lowest BCUT2D eigenvalue weighted by atomic mass is 10.1. The summed E-state index contributed by atoms with van der Waals surface area (Å²) in [5.41, 5.74) is 3.76. The van der Waals surface area contributed by atoms with Gasteiger partial charge >= 0.3 is 0 Å². The molecule has 0 bridgehead atoms. The lowest BCUT2D eigenvalue weighted by Crippen LogP contribution is -2.27. The van der Waals surface area contributed by atoms with E-state index in [9.17, 15) is 0 Å². The quantitative estimate of drug-likeness (QED) is 0.807. The molecule has 1 aliphatic heterocycles. The summed E-state index contributed by atoms with van der Waals surface area (Å²) in [7, 11) is 2.11. The highest BCUT2D eigenvalue weighted by atomic mass is 32.2. The van der Waals surface area contributed by atoms with Crippen LogP contribution in [-0.4, -0.2) is 17.1 Å². The average Bonchev–Trinajstić information content (AvgIpc) is 2.48. The van der Waals surface area contributed by atoms with Gasteiger partial charge in [-0.05, 0) is 29.7 Å². The molecule has 0 aliphatic carbocycles. The lowest BCUT2D eigenvalue weighted by Gasteiger charge is -2.27. The average molecular weight is 282 g/mol. The first kappa shape index (κ1) is 13.3. The molecule has 3 heteroatoms. The molecule has 2 nitrogen and oxygen atoms in total. The van der Waals surface area contributed by atoms with Crippen molar-refractivity contribution in [2.24, 2.45) is 4.99 Å². The molecule has 0 fully saturated rings. The van der Waals surface area contributed by atoms with E-state index >= 15 is 0 Å². The monoisotopic (exact) mass is 282 g/mol. The molecule has 0 spiro atoms. The van der Waals surface area contributed by atoms with Gasteiger partial charge in [-0.25, -0.2) is 4.99 Å². The second-order valence-electron chi connectivity index (χ2n) is 4.94. The molecule has 0 saturated heterocycles. The number of nitrogens with zero attached hydrogens (tertiary/aromatic N) is 2. The van der Waals surface area contributed by atoms with Gasteiger partial charge < -0.3 is 4.90 Å². The van der Waals surface area contributed by atoms with Crippen LogP contribution in [0.4, 0.5) is 5.69 Å². The normalized spacial score (nSPS) is 16.3. The molecule has 2 aromatic rings. The lowest BCUT2D eigenvalue weighted by molar-refractivity contribution is 0.501. The summed E-state index contributed by atoms with van der Waals surface area (Å²) < 4.78 is 0. The molecule has 2 aromatic carbocycles. The Morgan fingerprint density at radius 3 is 2.70 bits per heavy atom. The number of hydrogen-bond acceptors (Lipinski definition) is 2. The van der Waals surface area contributed by atoms with Crippen molar-refractivity contribution in [2.75, 3.05) is 7.05 Å². The molecule has 1 aliphatic rings. The van der Waals surface area contributed by atoms with Gasteiger partial charge in [0.15, 0.2) is 5.17 Å². The summed E-state index contributed by atoms with van der Waals surface area (Å²) in [6.45, 7) is 3.10. The highest BCUT2D eigenvalue weighted by Crippen LogP contribution is 2.33. The van der Waals surface area contributed by atoms with E-state index < -0.39 is 0 Å². The molecule has 0 N–H and O–H groups in total. The number of para-hydroxylation sites is 1. The first-order valence-corrected chi connectivity index (χ1v) is 7.73. The van der Waals surface area contributed by atoms with Gasteiger partial charge in [0.1, 0.15) is 0 Å². The van der Waals surface area contributed by atoms with Crippen molar-refractivity contribution in [2.45, 2.75) is 24.8 Å². The molecule has 0 amide bonds.